The first-order valence-corrected chi connectivity index (χ1v) is 11.1. The van der Waals surface area contributed by atoms with Gasteiger partial charge in [-0.1, -0.05) is 84.9 Å². The number of nitrogens with zero attached hydrogens (tertiary/aromatic N) is 2. The van der Waals surface area contributed by atoms with Crippen molar-refractivity contribution < 1.29 is 0 Å². The zero-order valence-electron chi connectivity index (χ0n) is 18.3. The van der Waals surface area contributed by atoms with Gasteiger partial charge >= 0.3 is 0 Å². The van der Waals surface area contributed by atoms with Crippen LogP contribution in [0.25, 0.3) is 59.4 Å². The highest BCUT2D eigenvalue weighted by Gasteiger charge is 2.14. The van der Waals surface area contributed by atoms with Gasteiger partial charge in [-0.25, -0.2) is 4.85 Å². The Hall–Kier alpha value is -4.92. The maximum Gasteiger partial charge on any atom is 0.187 e. The summed E-state index contributed by atoms with van der Waals surface area (Å²) >= 11 is 0. The van der Waals surface area contributed by atoms with E-state index in [0.717, 1.165) is 22.3 Å². The highest BCUT2D eigenvalue weighted by molar-refractivity contribution is 6.23. The Labute approximate surface area is 197 Å². The SMILES string of the molecule is [C-]#[N+]c1ccc(-c2cc3c4ccccc4c(-c4ccc(C#N)cc4)cc3c3ccccc23)cc1. The van der Waals surface area contributed by atoms with Crippen molar-refractivity contribution in [3.63, 3.8) is 0 Å². The first-order chi connectivity index (χ1) is 16.8. The number of hydrogen-bond acceptors (Lipinski definition) is 1. The molecule has 0 heterocycles. The van der Waals surface area contributed by atoms with E-state index in [-0.39, 0.29) is 0 Å². The molecule has 0 saturated heterocycles. The maximum absolute atomic E-state index is 9.22. The van der Waals surface area contributed by atoms with Crippen LogP contribution in [0.1, 0.15) is 5.56 Å². The molecule has 0 bridgehead atoms. The van der Waals surface area contributed by atoms with Crippen LogP contribution in [0.5, 0.6) is 0 Å². The molecule has 6 aromatic rings. The predicted octanol–water partition coefficient (Wildman–Crippen LogP) is 8.90. The van der Waals surface area contributed by atoms with Crippen LogP contribution >= 0.6 is 0 Å². The van der Waals surface area contributed by atoms with E-state index in [9.17, 15) is 5.26 Å². The van der Waals surface area contributed by atoms with Crippen molar-refractivity contribution in [1.29, 1.82) is 5.26 Å². The van der Waals surface area contributed by atoms with Gasteiger partial charge in [-0.3, -0.25) is 0 Å². The van der Waals surface area contributed by atoms with Crippen molar-refractivity contribution in [2.45, 2.75) is 0 Å². The number of fused-ring (bicyclic) bond motifs is 5. The Balaban J connectivity index is 1.72. The van der Waals surface area contributed by atoms with Crippen molar-refractivity contribution in [3.05, 3.63) is 126 Å². The van der Waals surface area contributed by atoms with Gasteiger partial charge in [0.25, 0.3) is 0 Å². The third-order valence-corrected chi connectivity index (χ3v) is 6.51. The molecule has 0 aromatic heterocycles. The summed E-state index contributed by atoms with van der Waals surface area (Å²) in [5.74, 6) is 0. The second kappa shape index (κ2) is 7.89. The Morgan fingerprint density at radius 1 is 0.529 bits per heavy atom. The molecule has 0 aliphatic carbocycles. The van der Waals surface area contributed by atoms with Gasteiger partial charge in [0, 0.05) is 0 Å². The molecule has 0 aliphatic rings. The first kappa shape index (κ1) is 19.7. The summed E-state index contributed by atoms with van der Waals surface area (Å²) < 4.78 is 0. The molecule has 0 saturated carbocycles. The van der Waals surface area contributed by atoms with Crippen LogP contribution < -0.4 is 0 Å². The van der Waals surface area contributed by atoms with Crippen molar-refractivity contribution in [1.82, 2.24) is 0 Å². The lowest BCUT2D eigenvalue weighted by Gasteiger charge is -2.16. The third kappa shape index (κ3) is 3.10. The standard InChI is InChI=1S/C32H18N2/c1-34-24-16-14-23(15-17-24)30-19-32-27-8-4-2-6-25(27)29(22-12-10-21(20-33)11-13-22)18-31(32)28-9-5-3-7-26(28)30/h2-19H. The third-order valence-electron chi connectivity index (χ3n) is 6.51. The van der Waals surface area contributed by atoms with Crippen LogP contribution in [-0.4, -0.2) is 0 Å². The predicted molar refractivity (Wildman–Crippen MR) is 141 cm³/mol. The van der Waals surface area contributed by atoms with Gasteiger partial charge in [-0.2, -0.15) is 5.26 Å². The highest BCUT2D eigenvalue weighted by Crippen LogP contribution is 2.41. The van der Waals surface area contributed by atoms with E-state index in [1.807, 2.05) is 48.5 Å². The molecule has 6 aromatic carbocycles. The summed E-state index contributed by atoms with van der Waals surface area (Å²) in [6, 6.07) is 39.5. The largest absolute Gasteiger partial charge is 0.238 e. The normalized spacial score (nSPS) is 10.9. The van der Waals surface area contributed by atoms with E-state index in [1.54, 1.807) is 0 Å². The average Bonchev–Trinajstić information content (AvgIpc) is 2.92. The summed E-state index contributed by atoms with van der Waals surface area (Å²) in [4.78, 5) is 3.54. The van der Waals surface area contributed by atoms with Gasteiger partial charge < -0.3 is 0 Å². The lowest BCUT2D eigenvalue weighted by molar-refractivity contribution is 1.48. The van der Waals surface area contributed by atoms with Gasteiger partial charge in [-0.15, -0.1) is 0 Å². The number of nitriles is 1. The van der Waals surface area contributed by atoms with Gasteiger partial charge in [0.15, 0.2) is 5.69 Å². The Morgan fingerprint density at radius 3 is 1.41 bits per heavy atom. The summed E-state index contributed by atoms with van der Waals surface area (Å²) in [6.45, 7) is 7.27. The van der Waals surface area contributed by atoms with E-state index in [0.29, 0.717) is 11.3 Å². The molecule has 6 rings (SSSR count). The van der Waals surface area contributed by atoms with Gasteiger partial charge in [0.1, 0.15) is 0 Å². The first-order valence-electron chi connectivity index (χ1n) is 11.1. The van der Waals surface area contributed by atoms with E-state index in [1.165, 1.54) is 32.3 Å². The highest BCUT2D eigenvalue weighted by atomic mass is 14.6. The molecule has 34 heavy (non-hydrogen) atoms. The smallest absolute Gasteiger partial charge is 0.187 e. The average molecular weight is 431 g/mol. The van der Waals surface area contributed by atoms with Crippen molar-refractivity contribution >= 4 is 38.0 Å². The summed E-state index contributed by atoms with van der Waals surface area (Å²) in [5, 5.41) is 16.4. The molecule has 0 aliphatic heterocycles. The van der Waals surface area contributed by atoms with Crippen molar-refractivity contribution in [3.8, 4) is 28.3 Å². The molecule has 0 spiro atoms. The molecule has 0 unspecified atom stereocenters. The molecule has 2 heteroatoms. The fraction of sp³-hybridized carbons (Fsp3) is 0. The fourth-order valence-electron chi connectivity index (χ4n) is 4.87. The molecule has 0 atom stereocenters. The molecule has 0 N–H and O–H groups in total. The van der Waals surface area contributed by atoms with Crippen molar-refractivity contribution in [2.75, 3.05) is 0 Å². The monoisotopic (exact) mass is 430 g/mol. The second-order valence-electron chi connectivity index (χ2n) is 8.38. The van der Waals surface area contributed by atoms with Gasteiger partial charge in [-0.05, 0) is 78.8 Å². The minimum Gasteiger partial charge on any atom is -0.238 e. The molecular formula is C32H18N2. The number of benzene rings is 6. The second-order valence-corrected chi connectivity index (χ2v) is 8.38. The molecule has 2 nitrogen and oxygen atoms in total. The van der Waals surface area contributed by atoms with Crippen LogP contribution in [0.4, 0.5) is 5.69 Å². The Kier molecular flexibility index (Phi) is 4.58. The lowest BCUT2D eigenvalue weighted by Crippen LogP contribution is -1.89. The van der Waals surface area contributed by atoms with Crippen LogP contribution in [-0.2, 0) is 0 Å². The molecule has 156 valence electrons. The van der Waals surface area contributed by atoms with Crippen LogP contribution in [0.2, 0.25) is 0 Å². The van der Waals surface area contributed by atoms with Crippen LogP contribution in [0.3, 0.4) is 0 Å². The van der Waals surface area contributed by atoms with Crippen LogP contribution in [0.15, 0.2) is 109 Å². The topological polar surface area (TPSA) is 28.1 Å². The molecule has 0 radical (unpaired) electrons. The zero-order chi connectivity index (χ0) is 23.1. The zero-order valence-corrected chi connectivity index (χ0v) is 18.3. The fourth-order valence-corrected chi connectivity index (χ4v) is 4.87. The van der Waals surface area contributed by atoms with Crippen molar-refractivity contribution in [2.24, 2.45) is 0 Å². The van der Waals surface area contributed by atoms with Gasteiger partial charge in [0.05, 0.1) is 18.2 Å². The molecular weight excluding hydrogens is 412 g/mol. The summed E-state index contributed by atoms with van der Waals surface area (Å²) in [7, 11) is 0. The molecule has 0 fully saturated rings. The van der Waals surface area contributed by atoms with E-state index >= 15 is 0 Å². The minimum absolute atomic E-state index is 0.645. The van der Waals surface area contributed by atoms with E-state index < -0.39 is 0 Å². The van der Waals surface area contributed by atoms with E-state index in [4.69, 9.17) is 6.57 Å². The summed E-state index contributed by atoms with van der Waals surface area (Å²) in [5.41, 5.74) is 5.83. The van der Waals surface area contributed by atoms with Crippen LogP contribution in [0, 0.1) is 17.9 Å². The minimum atomic E-state index is 0.645. The quantitative estimate of drug-likeness (QED) is 0.199. The molecule has 0 amide bonds. The maximum atomic E-state index is 9.22. The summed E-state index contributed by atoms with van der Waals surface area (Å²) in [6.07, 6.45) is 0. The lowest BCUT2D eigenvalue weighted by atomic mass is 9.87. The number of hydrogen-bond donors (Lipinski definition) is 0. The Bertz CT molecular complexity index is 1660. The van der Waals surface area contributed by atoms with E-state index in [2.05, 4.69) is 71.6 Å². The van der Waals surface area contributed by atoms with Gasteiger partial charge in [0.2, 0.25) is 0 Å². The Morgan fingerprint density at radius 2 is 0.971 bits per heavy atom. The number of rotatable bonds is 2.